The first-order valence-electron chi connectivity index (χ1n) is 7.87. The number of carbonyl (C=O) groups excluding carboxylic acids is 1. The van der Waals surface area contributed by atoms with Crippen molar-refractivity contribution in [2.24, 2.45) is 0 Å². The average molecular weight is 376 g/mol. The molecule has 0 amide bonds. The Balaban J connectivity index is 0.000000250. The second kappa shape index (κ2) is 10.1. The van der Waals surface area contributed by atoms with Crippen LogP contribution >= 0.6 is 0 Å². The second-order valence-corrected chi connectivity index (χ2v) is 5.52. The van der Waals surface area contributed by atoms with Gasteiger partial charge < -0.3 is 16.1 Å². The zero-order valence-electron chi connectivity index (χ0n) is 14.6. The summed E-state index contributed by atoms with van der Waals surface area (Å²) in [5.74, 6) is -1.07. The van der Waals surface area contributed by atoms with Gasteiger partial charge in [-0.05, 0) is 29.2 Å². The largest absolute Gasteiger partial charge is 0.478 e. The van der Waals surface area contributed by atoms with Crippen LogP contribution in [-0.2, 0) is 11.2 Å². The van der Waals surface area contributed by atoms with Gasteiger partial charge in [-0.25, -0.2) is 4.79 Å². The Labute approximate surface area is 160 Å². The Bertz CT molecular complexity index is 1030. The number of nitrogens with zero attached hydrogens (tertiary/aromatic N) is 4. The lowest BCUT2D eigenvalue weighted by Crippen LogP contribution is -2.17. The van der Waals surface area contributed by atoms with Gasteiger partial charge in [0.05, 0.1) is 5.57 Å². The van der Waals surface area contributed by atoms with Crippen molar-refractivity contribution in [3.8, 4) is 0 Å². The van der Waals surface area contributed by atoms with E-state index in [1.54, 1.807) is 24.3 Å². The van der Waals surface area contributed by atoms with E-state index in [9.17, 15) is 9.59 Å². The molecule has 2 aliphatic rings. The highest BCUT2D eigenvalue weighted by Gasteiger charge is 2.24. The molecule has 0 radical (unpaired) electrons. The van der Waals surface area contributed by atoms with Crippen molar-refractivity contribution in [3.63, 3.8) is 0 Å². The van der Waals surface area contributed by atoms with E-state index in [1.165, 1.54) is 6.08 Å². The molecule has 0 saturated heterocycles. The smallest absolute Gasteiger partial charge is 0.362 e. The standard InChI is InChI=1S/C10H6N2O.C10H8O2.N2.H2O/c11-12-9-6-5-7-3-1-2-4-8(7)10(9)13;11-10(12)9-6-5-7-3-1-2-4-8(7)9;1-2;/h1-6H;1-4,6H,5H2,(H,11,12);;1H2. The molecule has 0 heterocycles. The molecule has 2 aliphatic carbocycles. The molecule has 0 fully saturated rings. The summed E-state index contributed by atoms with van der Waals surface area (Å²) in [6.07, 6.45) is 5.77. The maximum atomic E-state index is 11.5. The van der Waals surface area contributed by atoms with E-state index in [0.717, 1.165) is 23.1 Å². The lowest BCUT2D eigenvalue weighted by atomic mass is 9.95. The van der Waals surface area contributed by atoms with Gasteiger partial charge in [0, 0.05) is 22.4 Å². The van der Waals surface area contributed by atoms with E-state index < -0.39 is 5.97 Å². The molecule has 0 aromatic heterocycles. The predicted octanol–water partition coefficient (Wildman–Crippen LogP) is 2.48. The highest BCUT2D eigenvalue weighted by Crippen LogP contribution is 2.26. The molecule has 4 rings (SSSR count). The maximum absolute atomic E-state index is 11.5. The van der Waals surface area contributed by atoms with E-state index in [4.69, 9.17) is 21.4 Å². The SMILES string of the molecule is N#N.O.O=C(O)C1=CCc2ccccc21.[N-]=[N+]=C1C=Cc2ccccc2C1=O. The summed E-state index contributed by atoms with van der Waals surface area (Å²) in [5.41, 5.74) is 12.4. The van der Waals surface area contributed by atoms with Crippen molar-refractivity contribution in [2.45, 2.75) is 6.42 Å². The fourth-order valence-electron chi connectivity index (χ4n) is 2.80. The molecule has 0 unspecified atom stereocenters. The number of rotatable bonds is 1. The van der Waals surface area contributed by atoms with Crippen LogP contribution < -0.4 is 0 Å². The van der Waals surface area contributed by atoms with Crippen molar-refractivity contribution in [1.82, 2.24) is 0 Å². The van der Waals surface area contributed by atoms with E-state index in [-0.39, 0.29) is 17.0 Å². The molecule has 0 aliphatic heterocycles. The van der Waals surface area contributed by atoms with Gasteiger partial charge in [0.25, 0.3) is 5.78 Å². The molecule has 0 spiro atoms. The van der Waals surface area contributed by atoms with Crippen LogP contribution in [0.4, 0.5) is 0 Å². The Hall–Kier alpha value is -4.18. The van der Waals surface area contributed by atoms with Crippen molar-refractivity contribution < 1.29 is 25.0 Å². The minimum Gasteiger partial charge on any atom is -0.478 e. The van der Waals surface area contributed by atoms with Gasteiger partial charge >= 0.3 is 11.7 Å². The fraction of sp³-hybridized carbons (Fsp3) is 0.0500. The van der Waals surface area contributed by atoms with Crippen LogP contribution in [0.5, 0.6) is 0 Å². The number of carbonyl (C=O) groups is 2. The van der Waals surface area contributed by atoms with E-state index >= 15 is 0 Å². The van der Waals surface area contributed by atoms with E-state index in [2.05, 4.69) is 4.79 Å². The lowest BCUT2D eigenvalue weighted by molar-refractivity contribution is -0.130. The quantitative estimate of drug-likeness (QED) is 0.457. The maximum Gasteiger partial charge on any atom is 0.362 e. The third kappa shape index (κ3) is 4.51. The molecule has 0 saturated carbocycles. The van der Waals surface area contributed by atoms with Crippen LogP contribution in [0.2, 0.25) is 0 Å². The van der Waals surface area contributed by atoms with Crippen LogP contribution in [-0.4, -0.2) is 32.8 Å². The van der Waals surface area contributed by atoms with Crippen LogP contribution in [0, 0.1) is 10.8 Å². The number of carboxylic acid groups (broad SMARTS) is 1. The highest BCUT2D eigenvalue weighted by molar-refractivity contribution is 6.50. The third-order valence-corrected chi connectivity index (χ3v) is 4.03. The predicted molar refractivity (Wildman–Crippen MR) is 101 cm³/mol. The molecule has 0 bridgehead atoms. The minimum absolute atomic E-state index is 0. The van der Waals surface area contributed by atoms with E-state index in [0.29, 0.717) is 11.1 Å². The molecular formula is C20H16N4O4. The Morgan fingerprint density at radius 2 is 1.61 bits per heavy atom. The number of Topliss-reactive ketones (excluding diaryl/α,β-unsaturated/α-hetero) is 1. The van der Waals surface area contributed by atoms with Gasteiger partial charge in [-0.3, -0.25) is 4.79 Å². The number of carboxylic acids is 1. The van der Waals surface area contributed by atoms with Crippen molar-refractivity contribution in [2.75, 3.05) is 0 Å². The van der Waals surface area contributed by atoms with Gasteiger partial charge in [0.1, 0.15) is 0 Å². The number of allylic oxidation sites excluding steroid dienone is 2. The number of hydrogen-bond donors (Lipinski definition) is 1. The topological polar surface area (TPSA) is 170 Å². The number of benzene rings is 2. The number of fused-ring (bicyclic) bond motifs is 2. The number of hydrogen-bond acceptors (Lipinski definition) is 4. The first-order valence-corrected chi connectivity index (χ1v) is 7.87. The molecule has 8 heteroatoms. The van der Waals surface area contributed by atoms with Gasteiger partial charge in [-0.15, -0.1) is 0 Å². The van der Waals surface area contributed by atoms with Crippen LogP contribution in [0.15, 0.2) is 60.7 Å². The number of ketones is 1. The first-order chi connectivity index (χ1) is 13.1. The summed E-state index contributed by atoms with van der Waals surface area (Å²) < 4.78 is 0. The zero-order valence-corrected chi connectivity index (χ0v) is 14.6. The lowest BCUT2D eigenvalue weighted by Gasteiger charge is -2.04. The zero-order chi connectivity index (χ0) is 19.8. The van der Waals surface area contributed by atoms with Gasteiger partial charge in [-0.1, -0.05) is 54.6 Å². The first kappa shape index (κ1) is 21.9. The fourth-order valence-corrected chi connectivity index (χ4v) is 2.80. The molecule has 0 atom stereocenters. The molecular weight excluding hydrogens is 360 g/mol. The summed E-state index contributed by atoms with van der Waals surface area (Å²) in [6.45, 7) is 0. The van der Waals surface area contributed by atoms with Crippen molar-refractivity contribution in [1.29, 1.82) is 10.8 Å². The van der Waals surface area contributed by atoms with Crippen molar-refractivity contribution >= 4 is 29.1 Å². The average Bonchev–Trinajstić information content (AvgIpc) is 3.15. The van der Waals surface area contributed by atoms with Crippen molar-refractivity contribution in [3.05, 3.63) is 88.5 Å². The summed E-state index contributed by atoms with van der Waals surface area (Å²) in [4.78, 5) is 25.1. The molecule has 28 heavy (non-hydrogen) atoms. The summed E-state index contributed by atoms with van der Waals surface area (Å²) in [6, 6.07) is 14.8. The monoisotopic (exact) mass is 376 g/mol. The minimum atomic E-state index is -0.833. The van der Waals surface area contributed by atoms with Gasteiger partial charge in [0.15, 0.2) is 0 Å². The third-order valence-electron chi connectivity index (χ3n) is 4.03. The Kier molecular flexibility index (Phi) is 7.88. The Morgan fingerprint density at radius 3 is 2.25 bits per heavy atom. The van der Waals surface area contributed by atoms with Gasteiger partial charge in [-0.2, -0.15) is 4.79 Å². The van der Waals surface area contributed by atoms with E-state index in [1.807, 2.05) is 36.4 Å². The van der Waals surface area contributed by atoms with Crippen LogP contribution in [0.3, 0.4) is 0 Å². The summed E-state index contributed by atoms with van der Waals surface area (Å²) in [7, 11) is 0. The molecule has 140 valence electrons. The molecule has 3 N–H and O–H groups in total. The van der Waals surface area contributed by atoms with Gasteiger partial charge in [0.2, 0.25) is 0 Å². The van der Waals surface area contributed by atoms with Crippen LogP contribution in [0.1, 0.15) is 27.0 Å². The highest BCUT2D eigenvalue weighted by atomic mass is 16.4. The molecule has 2 aromatic rings. The Morgan fingerprint density at radius 1 is 1.00 bits per heavy atom. The molecule has 8 nitrogen and oxygen atoms in total. The number of aliphatic carboxylic acids is 1. The normalized spacial score (nSPS) is 12.4. The van der Waals surface area contributed by atoms with Crippen LogP contribution in [0.25, 0.3) is 17.2 Å². The molecule has 2 aromatic carbocycles. The summed E-state index contributed by atoms with van der Waals surface area (Å²) in [5, 5.41) is 20.8. The second-order valence-electron chi connectivity index (χ2n) is 5.52. The summed E-state index contributed by atoms with van der Waals surface area (Å²) >= 11 is 0.